The summed E-state index contributed by atoms with van der Waals surface area (Å²) in [6, 6.07) is -1.28. The topological polar surface area (TPSA) is 268 Å². The van der Waals surface area contributed by atoms with Gasteiger partial charge in [0.25, 0.3) is 0 Å². The summed E-state index contributed by atoms with van der Waals surface area (Å²) in [6.45, 7) is 2.40. The maximum atomic E-state index is 13.3. The lowest BCUT2D eigenvalue weighted by atomic mass is 9.97. The van der Waals surface area contributed by atoms with Crippen molar-refractivity contribution in [3.8, 4) is 0 Å². The van der Waals surface area contributed by atoms with Gasteiger partial charge in [0.1, 0.15) is 61.0 Å². The molecule has 14 atom stereocenters. The molecule has 11 N–H and O–H groups in total. The van der Waals surface area contributed by atoms with Crippen molar-refractivity contribution in [1.29, 1.82) is 0 Å². The van der Waals surface area contributed by atoms with Gasteiger partial charge in [-0.05, 0) is 38.5 Å². The van der Waals surface area contributed by atoms with Crippen LogP contribution in [0.5, 0.6) is 0 Å². The first-order chi connectivity index (χ1) is 31.9. The Morgan fingerprint density at radius 3 is 1.50 bits per heavy atom. The number of nitrogens with one attached hydrogen (secondary N) is 1. The number of hydrogen-bond acceptors (Lipinski definition) is 15. The molecule has 2 saturated heterocycles. The van der Waals surface area contributed by atoms with E-state index in [0.717, 1.165) is 44.9 Å². The third kappa shape index (κ3) is 24.0. The summed E-state index contributed by atoms with van der Waals surface area (Å²) in [7, 11) is 0. The molecule has 390 valence electrons. The van der Waals surface area contributed by atoms with Crippen molar-refractivity contribution in [3.63, 3.8) is 0 Å². The van der Waals surface area contributed by atoms with Crippen molar-refractivity contribution in [1.82, 2.24) is 5.32 Å². The Bertz CT molecular complexity index is 1200. The largest absolute Gasteiger partial charge is 0.394 e. The Balaban J connectivity index is 1.92. The highest BCUT2D eigenvalue weighted by atomic mass is 16.7. The Kier molecular flexibility index (Phi) is 34.5. The molecule has 0 bridgehead atoms. The van der Waals surface area contributed by atoms with Crippen LogP contribution in [0.25, 0.3) is 0 Å². The van der Waals surface area contributed by atoms with Gasteiger partial charge in [-0.25, -0.2) is 0 Å². The lowest BCUT2D eigenvalue weighted by Crippen LogP contribution is -2.65. The van der Waals surface area contributed by atoms with Crippen LogP contribution in [0.3, 0.4) is 0 Å². The van der Waals surface area contributed by atoms with Gasteiger partial charge in [0.15, 0.2) is 12.6 Å². The fourth-order valence-electron chi connectivity index (χ4n) is 8.75. The molecule has 0 spiro atoms. The molecule has 16 heteroatoms. The number of allylic oxidation sites excluding steroid dienone is 2. The molecule has 66 heavy (non-hydrogen) atoms. The number of rotatable bonds is 40. The minimum atomic E-state index is -1.85. The van der Waals surface area contributed by atoms with Crippen molar-refractivity contribution in [3.05, 3.63) is 12.2 Å². The Morgan fingerprint density at radius 2 is 0.985 bits per heavy atom. The fourth-order valence-corrected chi connectivity index (χ4v) is 8.75. The second-order valence-electron chi connectivity index (χ2n) is 18.9. The molecule has 1 amide bonds. The lowest BCUT2D eigenvalue weighted by Gasteiger charge is -2.46. The van der Waals surface area contributed by atoms with E-state index in [1.54, 1.807) is 0 Å². The standard InChI is InChI=1S/C50H95NO15/c1-3-5-7-9-11-13-15-17-18-19-20-22-23-25-27-29-31-37(54)41(56)36(51-48(62)38(55)32-30-28-26-24-21-16-14-12-10-8-6-4-2)35-63-49-46(61)44(59)47(40(34-53)65-49)66-50-45(60)43(58)42(57)39(33-52)64-50/h22-23,36-47,49-50,52-61H,3-21,24-35H2,1-2H3,(H,51,62)/b23-22-/t36-,37+,38+,39+,40+,41-,42-,43-,44+,45+,46+,47+,49+,50-/m0/s1. The summed E-state index contributed by atoms with van der Waals surface area (Å²) < 4.78 is 22.5. The van der Waals surface area contributed by atoms with Gasteiger partial charge >= 0.3 is 0 Å². The summed E-state index contributed by atoms with van der Waals surface area (Å²) in [5.74, 6) is -0.767. The van der Waals surface area contributed by atoms with E-state index in [9.17, 15) is 55.9 Å². The zero-order valence-electron chi connectivity index (χ0n) is 40.7. The molecule has 0 radical (unpaired) electrons. The maximum Gasteiger partial charge on any atom is 0.249 e. The summed E-state index contributed by atoms with van der Waals surface area (Å²) in [4.78, 5) is 13.3. The van der Waals surface area contributed by atoms with E-state index in [4.69, 9.17) is 18.9 Å². The van der Waals surface area contributed by atoms with Crippen molar-refractivity contribution < 1.29 is 74.8 Å². The van der Waals surface area contributed by atoms with Gasteiger partial charge in [-0.2, -0.15) is 0 Å². The monoisotopic (exact) mass is 950 g/mol. The van der Waals surface area contributed by atoms with Crippen LogP contribution in [0, 0.1) is 0 Å². The molecule has 0 aromatic heterocycles. The first-order valence-corrected chi connectivity index (χ1v) is 26.1. The molecule has 0 saturated carbocycles. The van der Waals surface area contributed by atoms with E-state index >= 15 is 0 Å². The van der Waals surface area contributed by atoms with Gasteiger partial charge in [-0.3, -0.25) is 4.79 Å². The number of unbranched alkanes of at least 4 members (excludes halogenated alkanes) is 23. The number of aliphatic hydroxyl groups is 10. The smallest absolute Gasteiger partial charge is 0.249 e. The number of ether oxygens (including phenoxy) is 4. The minimum Gasteiger partial charge on any atom is -0.394 e. The van der Waals surface area contributed by atoms with E-state index in [2.05, 4.69) is 31.3 Å². The maximum absolute atomic E-state index is 13.3. The van der Waals surface area contributed by atoms with Crippen LogP contribution >= 0.6 is 0 Å². The van der Waals surface area contributed by atoms with Gasteiger partial charge < -0.3 is 75.3 Å². The van der Waals surface area contributed by atoms with Crippen molar-refractivity contribution in [2.24, 2.45) is 0 Å². The third-order valence-electron chi connectivity index (χ3n) is 13.2. The van der Waals surface area contributed by atoms with Crippen molar-refractivity contribution in [2.75, 3.05) is 19.8 Å². The second kappa shape index (κ2) is 37.5. The Hall–Kier alpha value is -1.35. The molecule has 16 nitrogen and oxygen atoms in total. The van der Waals surface area contributed by atoms with Gasteiger partial charge in [-0.1, -0.05) is 167 Å². The normalized spacial score (nSPS) is 27.8. The predicted molar refractivity (Wildman–Crippen MR) is 252 cm³/mol. The van der Waals surface area contributed by atoms with Gasteiger partial charge in [-0.15, -0.1) is 0 Å². The molecule has 0 aromatic rings. The van der Waals surface area contributed by atoms with E-state index < -0.39 is 111 Å². The zero-order valence-corrected chi connectivity index (χ0v) is 40.7. The average molecular weight is 950 g/mol. The summed E-state index contributed by atoms with van der Waals surface area (Å²) >= 11 is 0. The molecule has 0 aromatic carbocycles. The number of aliphatic hydroxyl groups excluding tert-OH is 10. The Morgan fingerprint density at radius 1 is 0.545 bits per heavy atom. The molecule has 2 aliphatic rings. The molecule has 2 heterocycles. The molecular formula is C50H95NO15. The minimum absolute atomic E-state index is 0.201. The van der Waals surface area contributed by atoms with Crippen LogP contribution in [0.2, 0.25) is 0 Å². The molecule has 0 unspecified atom stereocenters. The van der Waals surface area contributed by atoms with Crippen LogP contribution in [-0.2, 0) is 23.7 Å². The molecular weight excluding hydrogens is 855 g/mol. The molecule has 2 fully saturated rings. The van der Waals surface area contributed by atoms with Crippen LogP contribution < -0.4 is 5.32 Å². The number of carbonyl (C=O) groups is 1. The third-order valence-corrected chi connectivity index (χ3v) is 13.2. The number of carbonyl (C=O) groups excluding carboxylic acids is 1. The van der Waals surface area contributed by atoms with E-state index in [-0.39, 0.29) is 12.8 Å². The first-order valence-electron chi connectivity index (χ1n) is 26.1. The van der Waals surface area contributed by atoms with Gasteiger partial charge in [0.2, 0.25) is 5.91 Å². The van der Waals surface area contributed by atoms with Gasteiger partial charge in [0.05, 0.1) is 32.0 Å². The van der Waals surface area contributed by atoms with Crippen molar-refractivity contribution >= 4 is 5.91 Å². The number of amides is 1. The summed E-state index contributed by atoms with van der Waals surface area (Å²) in [5, 5.41) is 108. The second-order valence-corrected chi connectivity index (χ2v) is 18.9. The lowest BCUT2D eigenvalue weighted by molar-refractivity contribution is -0.359. The van der Waals surface area contributed by atoms with E-state index in [1.165, 1.54) is 109 Å². The van der Waals surface area contributed by atoms with E-state index in [1.807, 2.05) is 0 Å². The highest BCUT2D eigenvalue weighted by Crippen LogP contribution is 2.30. The molecule has 0 aliphatic carbocycles. The summed E-state index contributed by atoms with van der Waals surface area (Å²) in [5.41, 5.74) is 0. The summed E-state index contributed by atoms with van der Waals surface area (Å²) in [6.07, 6.45) is 13.7. The van der Waals surface area contributed by atoms with Crippen LogP contribution in [0.15, 0.2) is 12.2 Å². The van der Waals surface area contributed by atoms with Crippen LogP contribution in [-0.4, -0.2) is 163 Å². The van der Waals surface area contributed by atoms with Crippen LogP contribution in [0.4, 0.5) is 0 Å². The van der Waals surface area contributed by atoms with E-state index in [0.29, 0.717) is 12.8 Å². The number of hydrogen-bond donors (Lipinski definition) is 11. The van der Waals surface area contributed by atoms with Gasteiger partial charge in [0, 0.05) is 0 Å². The van der Waals surface area contributed by atoms with Crippen molar-refractivity contribution in [2.45, 2.75) is 279 Å². The fraction of sp³-hybridized carbons (Fsp3) is 0.940. The molecule has 2 rings (SSSR count). The highest BCUT2D eigenvalue weighted by Gasteiger charge is 2.51. The average Bonchev–Trinajstić information content (AvgIpc) is 3.31. The zero-order chi connectivity index (χ0) is 48.5. The highest BCUT2D eigenvalue weighted by molar-refractivity contribution is 5.80. The quantitative estimate of drug-likeness (QED) is 0.0293. The predicted octanol–water partition coefficient (Wildman–Crippen LogP) is 4.71. The molecule has 2 aliphatic heterocycles. The first kappa shape index (κ1) is 60.8. The Labute approximate surface area is 396 Å². The SMILES string of the molecule is CCCCCCCCCCCC/C=C\CCCC[C@@H](O)[C@@H](O)[C@H](CO[C@@H]1O[C@H](CO)[C@@H](O[C@@H]2O[C@H](CO)[C@H](O)[C@H](O)[C@H]2O)[C@H](O)[C@H]1O)NC(=O)[C@H](O)CCCCCCCCCCCCCC. The van der Waals surface area contributed by atoms with Crippen LogP contribution in [0.1, 0.15) is 194 Å².